The van der Waals surface area contributed by atoms with E-state index in [4.69, 9.17) is 10.1 Å². The Morgan fingerprint density at radius 3 is 2.31 bits per heavy atom. The van der Waals surface area contributed by atoms with Crippen molar-refractivity contribution in [1.29, 1.82) is 5.26 Å². The van der Waals surface area contributed by atoms with Gasteiger partial charge in [0.2, 0.25) is 0 Å². The molecule has 0 radical (unpaired) electrons. The summed E-state index contributed by atoms with van der Waals surface area (Å²) in [5.74, 6) is 1.29. The molecule has 5 heteroatoms. The van der Waals surface area contributed by atoms with E-state index in [0.29, 0.717) is 29.7 Å². The molecular formula is C31H31N3O2. The van der Waals surface area contributed by atoms with Crippen LogP contribution in [0.3, 0.4) is 0 Å². The topological polar surface area (TPSA) is 89.8 Å². The number of nitrogens with zero attached hydrogens (tertiary/aromatic N) is 2. The van der Waals surface area contributed by atoms with Gasteiger partial charge in [-0.1, -0.05) is 67.6 Å². The maximum Gasteiger partial charge on any atom is 0.303 e. The van der Waals surface area contributed by atoms with Crippen molar-refractivity contribution in [1.82, 2.24) is 9.97 Å². The summed E-state index contributed by atoms with van der Waals surface area (Å²) < 4.78 is 0. The van der Waals surface area contributed by atoms with Gasteiger partial charge in [0.15, 0.2) is 0 Å². The van der Waals surface area contributed by atoms with Crippen molar-refractivity contribution in [3.8, 4) is 28.6 Å². The predicted molar refractivity (Wildman–Crippen MR) is 142 cm³/mol. The van der Waals surface area contributed by atoms with Gasteiger partial charge in [-0.05, 0) is 72.6 Å². The van der Waals surface area contributed by atoms with Crippen LogP contribution in [-0.4, -0.2) is 21.0 Å². The standard InChI is InChI=1S/C31H31N3O2/c1-20-2-15-28-29(17-22(16-20)19-32)34-31(33-28)27-13-11-26(12-14-27)25-9-7-24(8-10-25)23-5-3-21(4-6-23)18-30(35)36/h7-17,20-21,23H,2-6,18H2,1H3,(H,33,34)(H,35,36)/b22-16?,28-15-,29-17+. The summed E-state index contributed by atoms with van der Waals surface area (Å²) >= 11 is 0. The second kappa shape index (κ2) is 10.4. The van der Waals surface area contributed by atoms with Crippen LogP contribution in [0.15, 0.2) is 60.2 Å². The highest BCUT2D eigenvalue weighted by molar-refractivity contribution is 5.68. The van der Waals surface area contributed by atoms with E-state index in [9.17, 15) is 10.1 Å². The first-order valence-corrected chi connectivity index (χ1v) is 12.8. The second-order valence-corrected chi connectivity index (χ2v) is 10.2. The monoisotopic (exact) mass is 477 g/mol. The molecule has 2 N–H and O–H groups in total. The number of hydrogen-bond donors (Lipinski definition) is 2. The molecular weight excluding hydrogens is 446 g/mol. The van der Waals surface area contributed by atoms with E-state index in [-0.39, 0.29) is 0 Å². The maximum atomic E-state index is 11.0. The Hall–Kier alpha value is -3.91. The van der Waals surface area contributed by atoms with Crippen LogP contribution < -0.4 is 10.7 Å². The summed E-state index contributed by atoms with van der Waals surface area (Å²) in [6, 6.07) is 19.5. The Bertz CT molecular complexity index is 1430. The molecule has 2 aliphatic rings. The summed E-state index contributed by atoms with van der Waals surface area (Å²) in [7, 11) is 0. The molecule has 0 spiro atoms. The highest BCUT2D eigenvalue weighted by atomic mass is 16.4. The number of H-pyrrole nitrogens is 1. The van der Waals surface area contributed by atoms with Crippen LogP contribution in [0.2, 0.25) is 0 Å². The van der Waals surface area contributed by atoms with Gasteiger partial charge in [-0.2, -0.15) is 5.26 Å². The van der Waals surface area contributed by atoms with E-state index in [2.05, 4.69) is 72.6 Å². The average Bonchev–Trinajstić information content (AvgIpc) is 3.28. The van der Waals surface area contributed by atoms with Gasteiger partial charge >= 0.3 is 5.97 Å². The third kappa shape index (κ3) is 5.33. The van der Waals surface area contributed by atoms with Crippen LogP contribution >= 0.6 is 0 Å². The molecule has 1 saturated carbocycles. The van der Waals surface area contributed by atoms with Crippen molar-refractivity contribution in [3.05, 3.63) is 76.4 Å². The Morgan fingerprint density at radius 1 is 1.03 bits per heavy atom. The van der Waals surface area contributed by atoms with Gasteiger partial charge in [0.25, 0.3) is 0 Å². The summed E-state index contributed by atoms with van der Waals surface area (Å²) in [4.78, 5) is 19.2. The first kappa shape index (κ1) is 23.8. The Morgan fingerprint density at radius 2 is 1.67 bits per heavy atom. The smallest absolute Gasteiger partial charge is 0.303 e. The van der Waals surface area contributed by atoms with Gasteiger partial charge < -0.3 is 10.1 Å². The van der Waals surface area contributed by atoms with Gasteiger partial charge in [-0.25, -0.2) is 4.98 Å². The molecule has 2 aromatic carbocycles. The summed E-state index contributed by atoms with van der Waals surface area (Å²) in [6.45, 7) is 2.11. The van der Waals surface area contributed by atoms with Crippen LogP contribution in [0, 0.1) is 23.2 Å². The molecule has 1 atom stereocenters. The van der Waals surface area contributed by atoms with E-state index in [1.54, 1.807) is 0 Å². The number of nitriles is 1. The van der Waals surface area contributed by atoms with Crippen LogP contribution in [0.4, 0.5) is 0 Å². The van der Waals surface area contributed by atoms with Crippen molar-refractivity contribution in [3.63, 3.8) is 0 Å². The largest absolute Gasteiger partial charge is 0.481 e. The van der Waals surface area contributed by atoms with Crippen LogP contribution in [-0.2, 0) is 4.79 Å². The maximum absolute atomic E-state index is 11.0. The lowest BCUT2D eigenvalue weighted by atomic mass is 9.77. The minimum absolute atomic E-state index is 0.302. The summed E-state index contributed by atoms with van der Waals surface area (Å²) in [6.07, 6.45) is 11.3. The number of carboxylic acids is 1. The zero-order chi connectivity index (χ0) is 25.1. The lowest BCUT2D eigenvalue weighted by Gasteiger charge is -2.28. The number of nitrogens with one attached hydrogen (secondary N) is 1. The Balaban J connectivity index is 1.30. The van der Waals surface area contributed by atoms with Crippen LogP contribution in [0.25, 0.3) is 34.7 Å². The van der Waals surface area contributed by atoms with Crippen molar-refractivity contribution in [2.24, 2.45) is 11.8 Å². The average molecular weight is 478 g/mol. The number of carbonyl (C=O) groups is 1. The van der Waals surface area contributed by atoms with E-state index < -0.39 is 5.97 Å². The molecule has 5 rings (SSSR count). The van der Waals surface area contributed by atoms with Crippen molar-refractivity contribution in [2.45, 2.75) is 51.4 Å². The lowest BCUT2D eigenvalue weighted by Crippen LogP contribution is -2.25. The van der Waals surface area contributed by atoms with Gasteiger partial charge in [-0.3, -0.25) is 4.79 Å². The molecule has 5 nitrogen and oxygen atoms in total. The number of allylic oxidation sites excluding steroid dienone is 2. The molecule has 1 unspecified atom stereocenters. The fraction of sp³-hybridized carbons (Fsp3) is 0.323. The van der Waals surface area contributed by atoms with Crippen LogP contribution in [0.5, 0.6) is 0 Å². The third-order valence-corrected chi connectivity index (χ3v) is 7.52. The first-order valence-electron chi connectivity index (χ1n) is 12.8. The van der Waals surface area contributed by atoms with E-state index in [1.807, 2.05) is 12.2 Å². The first-order chi connectivity index (χ1) is 17.5. The van der Waals surface area contributed by atoms with Crippen molar-refractivity contribution < 1.29 is 9.90 Å². The highest BCUT2D eigenvalue weighted by Gasteiger charge is 2.24. The number of benzene rings is 2. The number of carboxylic acid groups (broad SMARTS) is 1. The molecule has 36 heavy (non-hydrogen) atoms. The quantitative estimate of drug-likeness (QED) is 0.505. The van der Waals surface area contributed by atoms with Gasteiger partial charge in [0, 0.05) is 12.0 Å². The number of aromatic nitrogens is 2. The number of imidazole rings is 1. The Kier molecular flexibility index (Phi) is 6.86. The van der Waals surface area contributed by atoms with Gasteiger partial charge in [0.05, 0.1) is 22.3 Å². The minimum Gasteiger partial charge on any atom is -0.481 e. The number of aliphatic carboxylic acids is 1. The molecule has 0 aliphatic heterocycles. The summed E-state index contributed by atoms with van der Waals surface area (Å²) in [5, 5.41) is 20.2. The number of hydrogen-bond acceptors (Lipinski definition) is 3. The van der Waals surface area contributed by atoms with Crippen LogP contribution in [0.1, 0.15) is 56.9 Å². The molecule has 1 heterocycles. The van der Waals surface area contributed by atoms with Gasteiger partial charge in [0.1, 0.15) is 5.82 Å². The van der Waals surface area contributed by atoms with Crippen molar-refractivity contribution in [2.75, 3.05) is 0 Å². The molecule has 1 fully saturated rings. The zero-order valence-electron chi connectivity index (χ0n) is 20.6. The molecule has 0 saturated heterocycles. The molecule has 3 aromatic rings. The van der Waals surface area contributed by atoms with Gasteiger partial charge in [-0.15, -0.1) is 0 Å². The van der Waals surface area contributed by atoms with E-state index in [0.717, 1.165) is 59.8 Å². The Labute approximate surface area is 211 Å². The minimum atomic E-state index is -0.678. The second-order valence-electron chi connectivity index (χ2n) is 10.2. The van der Waals surface area contributed by atoms with E-state index in [1.165, 1.54) is 11.1 Å². The predicted octanol–water partition coefficient (Wildman–Crippen LogP) is 5.54. The number of aromatic amines is 1. The van der Waals surface area contributed by atoms with E-state index >= 15 is 0 Å². The highest BCUT2D eigenvalue weighted by Crippen LogP contribution is 2.37. The molecule has 182 valence electrons. The van der Waals surface area contributed by atoms with Crippen molar-refractivity contribution >= 4 is 18.1 Å². The fourth-order valence-corrected chi connectivity index (χ4v) is 5.46. The fourth-order valence-electron chi connectivity index (χ4n) is 5.46. The molecule has 2 aliphatic carbocycles. The zero-order valence-corrected chi connectivity index (χ0v) is 20.6. The SMILES string of the molecule is CC1C=C(C#N)/C=c2/[nH]c(-c3ccc(-c4ccc(C5CCC(CC(=O)O)CC5)cc4)cc3)n/c2=C\C1. The molecule has 0 amide bonds. The number of fused-ring (bicyclic) bond motifs is 1. The summed E-state index contributed by atoms with van der Waals surface area (Å²) in [5.41, 5.74) is 5.36. The third-order valence-electron chi connectivity index (χ3n) is 7.52. The normalized spacial score (nSPS) is 23.4. The number of rotatable bonds is 5. The molecule has 0 bridgehead atoms. The molecule has 1 aromatic heterocycles. The lowest BCUT2D eigenvalue weighted by molar-refractivity contribution is -0.138.